The predicted octanol–water partition coefficient (Wildman–Crippen LogP) is 8.02. The van der Waals surface area contributed by atoms with Gasteiger partial charge < -0.3 is 19.7 Å². The Morgan fingerprint density at radius 3 is 1.16 bits per heavy atom. The lowest BCUT2D eigenvalue weighted by Gasteiger charge is -2.11. The van der Waals surface area contributed by atoms with Crippen LogP contribution in [0.1, 0.15) is 43.0 Å². The van der Waals surface area contributed by atoms with Crippen LogP contribution in [0.15, 0.2) is 109 Å². The fourth-order valence-corrected chi connectivity index (χ4v) is 5.04. The number of rotatable bonds is 11. The molecule has 0 spiro atoms. The van der Waals surface area contributed by atoms with Crippen LogP contribution in [0.5, 0.6) is 11.5 Å². The highest BCUT2D eigenvalue weighted by Gasteiger charge is 2.14. The minimum Gasteiger partial charge on any atom is -0.497 e. The number of ether oxygens (including phenoxy) is 2. The molecule has 246 valence electrons. The molecule has 0 aliphatic heterocycles. The van der Waals surface area contributed by atoms with Crippen LogP contribution in [0.25, 0.3) is 58.5 Å². The Morgan fingerprint density at radius 1 is 0.480 bits per heavy atom. The van der Waals surface area contributed by atoms with Gasteiger partial charge in [-0.05, 0) is 95.1 Å². The van der Waals surface area contributed by atoms with Crippen molar-refractivity contribution < 1.29 is 29.3 Å². The Morgan fingerprint density at radius 2 is 0.820 bits per heavy atom. The average molecular weight is 663 g/mol. The fourth-order valence-electron chi connectivity index (χ4n) is 5.04. The standard InChI is InChI=1S/C40H30N4O6/c1-49-31-11-7-25(8-12-31)3-5-27-19-35(33-23-29(39(45)46)15-17-41-33)43-37(21-27)38-22-28(6-4-26-9-13-32(50-2)14-10-26)20-36(44-38)34-24-30(40(47)48)16-18-42-34/h3-24H,1-2H3,(H,45,46)(H,47,48)/b5-3+,6-4+. The van der Waals surface area contributed by atoms with Crippen molar-refractivity contribution in [3.63, 3.8) is 0 Å². The summed E-state index contributed by atoms with van der Waals surface area (Å²) in [6.45, 7) is 0. The van der Waals surface area contributed by atoms with Crippen molar-refractivity contribution in [3.05, 3.63) is 143 Å². The van der Waals surface area contributed by atoms with Gasteiger partial charge in [0.25, 0.3) is 0 Å². The number of hydrogen-bond acceptors (Lipinski definition) is 8. The fraction of sp³-hybridized carbons (Fsp3) is 0.0500. The summed E-state index contributed by atoms with van der Waals surface area (Å²) in [7, 11) is 3.22. The van der Waals surface area contributed by atoms with E-state index in [1.165, 1.54) is 36.7 Å². The molecule has 4 aromatic heterocycles. The van der Waals surface area contributed by atoms with E-state index in [0.29, 0.717) is 34.2 Å². The highest BCUT2D eigenvalue weighted by Crippen LogP contribution is 2.29. The summed E-state index contributed by atoms with van der Waals surface area (Å²) >= 11 is 0. The third-order valence-electron chi connectivity index (χ3n) is 7.66. The number of hydrogen-bond donors (Lipinski definition) is 2. The first-order valence-corrected chi connectivity index (χ1v) is 15.4. The molecule has 0 bridgehead atoms. The van der Waals surface area contributed by atoms with Crippen LogP contribution in [0.4, 0.5) is 0 Å². The van der Waals surface area contributed by atoms with Gasteiger partial charge in [0.1, 0.15) is 11.5 Å². The summed E-state index contributed by atoms with van der Waals surface area (Å²) in [6.07, 6.45) is 10.6. The highest BCUT2D eigenvalue weighted by atomic mass is 16.5. The molecular weight excluding hydrogens is 632 g/mol. The molecule has 6 rings (SSSR count). The molecule has 0 aliphatic carbocycles. The van der Waals surface area contributed by atoms with Crippen molar-refractivity contribution >= 4 is 36.2 Å². The molecule has 0 saturated carbocycles. The molecule has 50 heavy (non-hydrogen) atoms. The number of benzene rings is 2. The van der Waals surface area contributed by atoms with Gasteiger partial charge in [0.05, 0.1) is 59.5 Å². The van der Waals surface area contributed by atoms with E-state index in [2.05, 4.69) is 9.97 Å². The lowest BCUT2D eigenvalue weighted by Crippen LogP contribution is -2.00. The van der Waals surface area contributed by atoms with E-state index in [4.69, 9.17) is 19.4 Å². The summed E-state index contributed by atoms with van der Waals surface area (Å²) in [5.41, 5.74) is 6.13. The number of carbonyl (C=O) groups is 2. The maximum atomic E-state index is 11.8. The average Bonchev–Trinajstić information content (AvgIpc) is 3.16. The van der Waals surface area contributed by atoms with Crippen molar-refractivity contribution in [1.82, 2.24) is 19.9 Å². The van der Waals surface area contributed by atoms with Gasteiger partial charge in [-0.3, -0.25) is 9.97 Å². The minimum absolute atomic E-state index is 0.0768. The first kappa shape index (κ1) is 33.0. The molecule has 0 saturated heterocycles. The second-order valence-corrected chi connectivity index (χ2v) is 11.0. The monoisotopic (exact) mass is 662 g/mol. The molecular formula is C40H30N4O6. The maximum absolute atomic E-state index is 11.8. The third kappa shape index (κ3) is 7.95. The van der Waals surface area contributed by atoms with Crippen LogP contribution < -0.4 is 9.47 Å². The van der Waals surface area contributed by atoms with Gasteiger partial charge in [-0.2, -0.15) is 0 Å². The van der Waals surface area contributed by atoms with E-state index < -0.39 is 11.9 Å². The van der Waals surface area contributed by atoms with Crippen LogP contribution in [0.2, 0.25) is 0 Å². The Balaban J connectivity index is 1.50. The summed E-state index contributed by atoms with van der Waals surface area (Å²) in [4.78, 5) is 42.2. The van der Waals surface area contributed by atoms with Crippen LogP contribution in [0.3, 0.4) is 0 Å². The second-order valence-electron chi connectivity index (χ2n) is 11.0. The van der Waals surface area contributed by atoms with Gasteiger partial charge in [-0.25, -0.2) is 19.6 Å². The molecule has 0 atom stereocenters. The Labute approximate surface area is 287 Å². The van der Waals surface area contributed by atoms with Crippen LogP contribution in [-0.4, -0.2) is 56.3 Å². The summed E-state index contributed by atoms with van der Waals surface area (Å²) in [6, 6.07) is 28.4. The highest BCUT2D eigenvalue weighted by molar-refractivity contribution is 5.89. The Hall–Kier alpha value is -6.94. The molecule has 10 nitrogen and oxygen atoms in total. The van der Waals surface area contributed by atoms with Crippen molar-refractivity contribution in [3.8, 4) is 45.7 Å². The number of methoxy groups -OCH3 is 2. The van der Waals surface area contributed by atoms with Gasteiger partial charge in [-0.1, -0.05) is 48.6 Å². The van der Waals surface area contributed by atoms with Gasteiger partial charge in [0, 0.05) is 12.4 Å². The van der Waals surface area contributed by atoms with E-state index in [9.17, 15) is 19.8 Å². The van der Waals surface area contributed by atoms with Gasteiger partial charge in [0.15, 0.2) is 0 Å². The summed E-state index contributed by atoms with van der Waals surface area (Å²) in [5, 5.41) is 19.3. The maximum Gasteiger partial charge on any atom is 0.335 e. The molecule has 2 N–H and O–H groups in total. The van der Waals surface area contributed by atoms with E-state index in [0.717, 1.165) is 33.8 Å². The van der Waals surface area contributed by atoms with Gasteiger partial charge >= 0.3 is 11.9 Å². The van der Waals surface area contributed by atoms with Crippen molar-refractivity contribution in [1.29, 1.82) is 0 Å². The molecule has 0 aliphatic rings. The molecule has 10 heteroatoms. The number of aromatic carboxylic acids is 2. The Kier molecular flexibility index (Phi) is 9.81. The van der Waals surface area contributed by atoms with E-state index in [1.54, 1.807) is 14.2 Å². The number of carboxylic acid groups (broad SMARTS) is 2. The lowest BCUT2D eigenvalue weighted by atomic mass is 10.0. The van der Waals surface area contributed by atoms with Crippen molar-refractivity contribution in [2.75, 3.05) is 14.2 Å². The quantitative estimate of drug-likeness (QED) is 0.140. The zero-order valence-electron chi connectivity index (χ0n) is 27.0. The number of nitrogens with zero attached hydrogens (tertiary/aromatic N) is 4. The third-order valence-corrected chi connectivity index (χ3v) is 7.66. The van der Waals surface area contributed by atoms with E-state index in [1.807, 2.05) is 97.1 Å². The molecule has 4 heterocycles. The molecule has 0 fully saturated rings. The SMILES string of the molecule is COc1ccc(/C=C/c2cc(-c3cc(C(=O)O)ccn3)nc(-c3cc(/C=C/c4ccc(OC)cc4)cc(-c4cc(C(=O)O)ccn4)n3)c2)cc1. The predicted molar refractivity (Wildman–Crippen MR) is 192 cm³/mol. The van der Waals surface area contributed by atoms with Gasteiger partial charge in [0.2, 0.25) is 0 Å². The van der Waals surface area contributed by atoms with E-state index >= 15 is 0 Å². The molecule has 0 radical (unpaired) electrons. The first-order chi connectivity index (χ1) is 24.3. The number of carboxylic acids is 2. The van der Waals surface area contributed by atoms with E-state index in [-0.39, 0.29) is 11.1 Å². The Bertz CT molecular complexity index is 2090. The molecule has 0 unspecified atom stereocenters. The molecule has 0 amide bonds. The second kappa shape index (κ2) is 14.9. The smallest absolute Gasteiger partial charge is 0.335 e. The summed E-state index contributed by atoms with van der Waals surface area (Å²) < 4.78 is 10.6. The first-order valence-electron chi connectivity index (χ1n) is 15.4. The van der Waals surface area contributed by atoms with Crippen molar-refractivity contribution in [2.45, 2.75) is 0 Å². The minimum atomic E-state index is -1.08. The van der Waals surface area contributed by atoms with Crippen LogP contribution >= 0.6 is 0 Å². The van der Waals surface area contributed by atoms with Crippen LogP contribution in [0, 0.1) is 0 Å². The largest absolute Gasteiger partial charge is 0.497 e. The van der Waals surface area contributed by atoms with Gasteiger partial charge in [-0.15, -0.1) is 0 Å². The molecule has 6 aromatic rings. The topological polar surface area (TPSA) is 145 Å². The zero-order valence-corrected chi connectivity index (χ0v) is 27.0. The number of aromatic nitrogens is 4. The normalized spacial score (nSPS) is 11.2. The van der Waals surface area contributed by atoms with Crippen LogP contribution in [-0.2, 0) is 0 Å². The lowest BCUT2D eigenvalue weighted by molar-refractivity contribution is 0.0686. The molecule has 2 aromatic carbocycles. The summed E-state index contributed by atoms with van der Waals surface area (Å²) in [5.74, 6) is -0.677. The van der Waals surface area contributed by atoms with Crippen molar-refractivity contribution in [2.24, 2.45) is 0 Å². The zero-order chi connectivity index (χ0) is 35.0. The number of pyridine rings is 4.